The van der Waals surface area contributed by atoms with Crippen LogP contribution >= 0.6 is 0 Å². The Labute approximate surface area is 83.3 Å². The molecule has 0 fully saturated rings. The van der Waals surface area contributed by atoms with Gasteiger partial charge in [0.2, 0.25) is 0 Å². The van der Waals surface area contributed by atoms with Crippen molar-refractivity contribution in [3.05, 3.63) is 47.0 Å². The molecule has 0 unspecified atom stereocenters. The predicted octanol–water partition coefficient (Wildman–Crippen LogP) is 3.78. The van der Waals surface area contributed by atoms with Crippen molar-refractivity contribution >= 4 is 0 Å². The Bertz CT molecular complexity index is 340. The Morgan fingerprint density at radius 1 is 1.21 bits per heavy atom. The lowest BCUT2D eigenvalue weighted by molar-refractivity contribution is 0.578. The van der Waals surface area contributed by atoms with Crippen LogP contribution in [0.5, 0.6) is 0 Å². The lowest BCUT2D eigenvalue weighted by atomic mass is 10.1. The van der Waals surface area contributed by atoms with Gasteiger partial charge in [-0.15, -0.1) is 0 Å². The van der Waals surface area contributed by atoms with Gasteiger partial charge in [0.05, 0.1) is 0 Å². The third-order valence-corrected chi connectivity index (χ3v) is 2.14. The highest BCUT2D eigenvalue weighted by Gasteiger charge is 2.05. The normalized spacial score (nSPS) is 11.1. The number of rotatable bonds is 3. The molecule has 0 atom stereocenters. The van der Waals surface area contributed by atoms with E-state index in [2.05, 4.69) is 0 Å². The third-order valence-electron chi connectivity index (χ3n) is 2.14. The maximum Gasteiger partial charge on any atom is 0.126 e. The van der Waals surface area contributed by atoms with Crippen LogP contribution in [0, 0.1) is 18.6 Å². The maximum atomic E-state index is 13.3. The molecule has 0 aliphatic carbocycles. The number of hydrogen-bond acceptors (Lipinski definition) is 0. The lowest BCUT2D eigenvalue weighted by Crippen LogP contribution is -1.94. The molecule has 76 valence electrons. The molecule has 0 aromatic heterocycles. The van der Waals surface area contributed by atoms with E-state index >= 15 is 0 Å². The van der Waals surface area contributed by atoms with E-state index in [4.69, 9.17) is 0 Å². The van der Waals surface area contributed by atoms with E-state index in [-0.39, 0.29) is 11.6 Å². The molecule has 0 saturated heterocycles. The second-order valence-electron chi connectivity index (χ2n) is 3.30. The average molecular weight is 196 g/mol. The van der Waals surface area contributed by atoms with E-state index < -0.39 is 0 Å². The van der Waals surface area contributed by atoms with Gasteiger partial charge in [-0.1, -0.05) is 12.2 Å². The van der Waals surface area contributed by atoms with Crippen molar-refractivity contribution in [1.29, 1.82) is 0 Å². The fourth-order valence-electron chi connectivity index (χ4n) is 1.28. The monoisotopic (exact) mass is 196 g/mol. The third kappa shape index (κ3) is 2.66. The molecular formula is C12H14F2. The number of benzene rings is 1. The first-order valence-corrected chi connectivity index (χ1v) is 4.71. The first kappa shape index (κ1) is 10.9. The zero-order valence-electron chi connectivity index (χ0n) is 8.48. The summed E-state index contributed by atoms with van der Waals surface area (Å²) in [6.07, 6.45) is 5.14. The molecule has 14 heavy (non-hydrogen) atoms. The van der Waals surface area contributed by atoms with Gasteiger partial charge in [-0.3, -0.25) is 0 Å². The van der Waals surface area contributed by atoms with Gasteiger partial charge < -0.3 is 0 Å². The van der Waals surface area contributed by atoms with Crippen LogP contribution in [0.25, 0.3) is 0 Å². The van der Waals surface area contributed by atoms with Crippen LogP contribution in [0.15, 0.2) is 24.3 Å². The zero-order valence-corrected chi connectivity index (χ0v) is 8.48. The summed E-state index contributed by atoms with van der Waals surface area (Å²) in [4.78, 5) is 0. The Morgan fingerprint density at radius 2 is 1.93 bits per heavy atom. The topological polar surface area (TPSA) is 0 Å². The van der Waals surface area contributed by atoms with Crippen LogP contribution in [0.4, 0.5) is 8.78 Å². The second-order valence-corrected chi connectivity index (χ2v) is 3.30. The van der Waals surface area contributed by atoms with Gasteiger partial charge in [-0.05, 0) is 49.9 Å². The highest BCUT2D eigenvalue weighted by molar-refractivity contribution is 5.25. The van der Waals surface area contributed by atoms with Crippen LogP contribution < -0.4 is 0 Å². The Morgan fingerprint density at radius 3 is 2.57 bits per heavy atom. The summed E-state index contributed by atoms with van der Waals surface area (Å²) in [5, 5.41) is 0. The number of aryl methyl sites for hydroxylation is 2. The minimum atomic E-state index is -0.332. The summed E-state index contributed by atoms with van der Waals surface area (Å²) >= 11 is 0. The lowest BCUT2D eigenvalue weighted by Gasteiger charge is -2.03. The van der Waals surface area contributed by atoms with Crippen LogP contribution in [-0.4, -0.2) is 0 Å². The largest absolute Gasteiger partial charge is 0.207 e. The average Bonchev–Trinajstić information content (AvgIpc) is 2.14. The molecular weight excluding hydrogens is 182 g/mol. The molecule has 0 aliphatic rings. The van der Waals surface area contributed by atoms with Crippen LogP contribution in [0.1, 0.15) is 24.5 Å². The minimum Gasteiger partial charge on any atom is -0.207 e. The van der Waals surface area contributed by atoms with Crippen molar-refractivity contribution in [1.82, 2.24) is 0 Å². The van der Waals surface area contributed by atoms with Gasteiger partial charge in [-0.25, -0.2) is 8.78 Å². The van der Waals surface area contributed by atoms with Crippen molar-refractivity contribution in [3.8, 4) is 0 Å². The summed E-state index contributed by atoms with van der Waals surface area (Å²) in [7, 11) is 0. The molecule has 2 heteroatoms. The predicted molar refractivity (Wildman–Crippen MR) is 54.2 cm³/mol. The van der Waals surface area contributed by atoms with E-state index in [1.54, 1.807) is 6.92 Å². The fraction of sp³-hybridized carbons (Fsp3) is 0.333. The molecule has 1 rings (SSSR count). The molecule has 1 aromatic rings. The Hall–Kier alpha value is -1.18. The SMILES string of the molecule is C/C=C/CCc1cc(F)c(C)cc1F. The van der Waals surface area contributed by atoms with E-state index in [1.807, 2.05) is 19.1 Å². The molecule has 0 bridgehead atoms. The molecule has 0 amide bonds. The van der Waals surface area contributed by atoms with Crippen molar-refractivity contribution < 1.29 is 8.78 Å². The van der Waals surface area contributed by atoms with Crippen LogP contribution in [-0.2, 0) is 6.42 Å². The molecule has 0 heterocycles. The highest BCUT2D eigenvalue weighted by Crippen LogP contribution is 2.15. The van der Waals surface area contributed by atoms with Crippen LogP contribution in [0.2, 0.25) is 0 Å². The molecule has 0 spiro atoms. The molecule has 0 aliphatic heterocycles. The maximum absolute atomic E-state index is 13.3. The minimum absolute atomic E-state index is 0.312. The van der Waals surface area contributed by atoms with E-state index in [0.717, 1.165) is 6.42 Å². The van der Waals surface area contributed by atoms with Gasteiger partial charge in [0.25, 0.3) is 0 Å². The van der Waals surface area contributed by atoms with Gasteiger partial charge in [0.15, 0.2) is 0 Å². The molecule has 0 N–H and O–H groups in total. The summed E-state index contributed by atoms with van der Waals surface area (Å²) in [6.45, 7) is 3.47. The standard InChI is InChI=1S/C12H14F2/c1-3-4-5-6-10-8-11(13)9(2)7-12(10)14/h3-4,7-8H,5-6H2,1-2H3/b4-3+. The summed E-state index contributed by atoms with van der Waals surface area (Å²) in [5.74, 6) is -0.643. The Kier molecular flexibility index (Phi) is 3.81. The first-order chi connectivity index (χ1) is 6.65. The van der Waals surface area contributed by atoms with Gasteiger partial charge in [0, 0.05) is 0 Å². The van der Waals surface area contributed by atoms with Crippen molar-refractivity contribution in [3.63, 3.8) is 0 Å². The molecule has 0 radical (unpaired) electrons. The smallest absolute Gasteiger partial charge is 0.126 e. The second kappa shape index (κ2) is 4.89. The van der Waals surface area contributed by atoms with E-state index in [1.165, 1.54) is 12.1 Å². The molecule has 1 aromatic carbocycles. The van der Waals surface area contributed by atoms with Crippen LogP contribution in [0.3, 0.4) is 0 Å². The van der Waals surface area contributed by atoms with Crippen molar-refractivity contribution in [2.45, 2.75) is 26.7 Å². The quantitative estimate of drug-likeness (QED) is 0.645. The molecule has 0 nitrogen and oxygen atoms in total. The van der Waals surface area contributed by atoms with Gasteiger partial charge >= 0.3 is 0 Å². The number of allylic oxidation sites excluding steroid dienone is 2. The summed E-state index contributed by atoms with van der Waals surface area (Å²) in [5.41, 5.74) is 0.809. The Balaban J connectivity index is 2.81. The summed E-state index contributed by atoms with van der Waals surface area (Å²) in [6, 6.07) is 2.54. The highest BCUT2D eigenvalue weighted by atomic mass is 19.1. The fourth-order valence-corrected chi connectivity index (χ4v) is 1.28. The summed E-state index contributed by atoms with van der Waals surface area (Å²) < 4.78 is 26.4. The van der Waals surface area contributed by atoms with E-state index in [0.29, 0.717) is 17.5 Å². The number of halogens is 2. The first-order valence-electron chi connectivity index (χ1n) is 4.71. The van der Waals surface area contributed by atoms with Gasteiger partial charge in [0.1, 0.15) is 11.6 Å². The zero-order chi connectivity index (χ0) is 10.6. The number of hydrogen-bond donors (Lipinski definition) is 0. The van der Waals surface area contributed by atoms with Crippen molar-refractivity contribution in [2.75, 3.05) is 0 Å². The molecule has 0 saturated carbocycles. The van der Waals surface area contributed by atoms with Gasteiger partial charge in [-0.2, -0.15) is 0 Å². The van der Waals surface area contributed by atoms with E-state index in [9.17, 15) is 8.78 Å². The van der Waals surface area contributed by atoms with Crippen molar-refractivity contribution in [2.24, 2.45) is 0 Å².